The van der Waals surface area contributed by atoms with Gasteiger partial charge in [0.15, 0.2) is 0 Å². The average molecular weight is 177 g/mol. The second-order valence-corrected chi connectivity index (χ2v) is 3.70. The fourth-order valence-electron chi connectivity index (χ4n) is 1.80. The quantitative estimate of drug-likeness (QED) is 0.679. The van der Waals surface area contributed by atoms with Crippen molar-refractivity contribution in [3.05, 3.63) is 35.4 Å². The van der Waals surface area contributed by atoms with Crippen molar-refractivity contribution < 1.29 is 5.11 Å². The van der Waals surface area contributed by atoms with Crippen LogP contribution in [0.3, 0.4) is 0 Å². The minimum absolute atomic E-state index is 0.139. The van der Waals surface area contributed by atoms with Gasteiger partial charge in [0.2, 0.25) is 0 Å². The summed E-state index contributed by atoms with van der Waals surface area (Å²) in [5.74, 6) is 0. The average Bonchev–Trinajstić information content (AvgIpc) is 2.53. The third-order valence-corrected chi connectivity index (χ3v) is 2.63. The van der Waals surface area contributed by atoms with Crippen molar-refractivity contribution >= 4 is 0 Å². The van der Waals surface area contributed by atoms with Gasteiger partial charge >= 0.3 is 0 Å². The number of aryl methyl sites for hydroxylation is 1. The Morgan fingerprint density at radius 1 is 1.31 bits per heavy atom. The molecular formula is C11H15NO. The van der Waals surface area contributed by atoms with E-state index < -0.39 is 0 Å². The Kier molecular flexibility index (Phi) is 2.34. The molecule has 0 saturated carbocycles. The van der Waals surface area contributed by atoms with Crippen LogP contribution in [0.5, 0.6) is 0 Å². The number of benzene rings is 1. The third kappa shape index (κ3) is 1.74. The molecule has 0 aliphatic carbocycles. The highest BCUT2D eigenvalue weighted by molar-refractivity contribution is 5.25. The molecule has 1 aromatic rings. The lowest BCUT2D eigenvalue weighted by Gasteiger charge is -2.14. The first-order valence-electron chi connectivity index (χ1n) is 4.75. The van der Waals surface area contributed by atoms with E-state index in [9.17, 15) is 5.11 Å². The van der Waals surface area contributed by atoms with Crippen molar-refractivity contribution in [2.75, 3.05) is 6.54 Å². The van der Waals surface area contributed by atoms with Gasteiger partial charge in [-0.3, -0.25) is 0 Å². The summed E-state index contributed by atoms with van der Waals surface area (Å²) in [6, 6.07) is 8.48. The Hall–Kier alpha value is -0.860. The predicted molar refractivity (Wildman–Crippen MR) is 52.5 cm³/mol. The summed E-state index contributed by atoms with van der Waals surface area (Å²) in [5.41, 5.74) is 2.45. The maximum atomic E-state index is 9.65. The topological polar surface area (TPSA) is 32.3 Å². The van der Waals surface area contributed by atoms with Crippen LogP contribution in [-0.4, -0.2) is 17.8 Å². The Morgan fingerprint density at radius 3 is 2.54 bits per heavy atom. The van der Waals surface area contributed by atoms with Crippen LogP contribution >= 0.6 is 0 Å². The molecule has 13 heavy (non-hydrogen) atoms. The summed E-state index contributed by atoms with van der Waals surface area (Å²) >= 11 is 0. The lowest BCUT2D eigenvalue weighted by Crippen LogP contribution is -2.20. The van der Waals surface area contributed by atoms with Crippen molar-refractivity contribution in [1.82, 2.24) is 5.32 Å². The lowest BCUT2D eigenvalue weighted by atomic mass is 10.0. The van der Waals surface area contributed by atoms with Gasteiger partial charge in [-0.15, -0.1) is 0 Å². The van der Waals surface area contributed by atoms with Crippen LogP contribution in [0.4, 0.5) is 0 Å². The summed E-state index contributed by atoms with van der Waals surface area (Å²) in [5, 5.41) is 12.9. The number of hydrogen-bond donors (Lipinski definition) is 2. The standard InChI is InChI=1S/C11H15NO/c1-8-2-4-9(5-3-8)11-10(13)6-7-12-11/h2-5,10-13H,6-7H2,1H3. The molecular weight excluding hydrogens is 162 g/mol. The molecule has 2 rings (SSSR count). The SMILES string of the molecule is Cc1ccc(C2NCCC2O)cc1. The Labute approximate surface area is 78.6 Å². The number of rotatable bonds is 1. The van der Waals surface area contributed by atoms with E-state index in [0.717, 1.165) is 13.0 Å². The molecule has 2 heteroatoms. The van der Waals surface area contributed by atoms with E-state index in [1.807, 2.05) is 0 Å². The maximum absolute atomic E-state index is 9.65. The highest BCUT2D eigenvalue weighted by atomic mass is 16.3. The third-order valence-electron chi connectivity index (χ3n) is 2.63. The second kappa shape index (κ2) is 3.48. The van der Waals surface area contributed by atoms with E-state index in [4.69, 9.17) is 0 Å². The molecule has 2 atom stereocenters. The molecule has 0 spiro atoms. The zero-order valence-electron chi connectivity index (χ0n) is 7.83. The van der Waals surface area contributed by atoms with Crippen LogP contribution in [0.2, 0.25) is 0 Å². The molecule has 2 N–H and O–H groups in total. The molecule has 0 radical (unpaired) electrons. The van der Waals surface area contributed by atoms with Gasteiger partial charge in [0.05, 0.1) is 12.1 Å². The zero-order valence-corrected chi connectivity index (χ0v) is 7.83. The molecule has 1 aromatic carbocycles. The molecule has 1 fully saturated rings. The highest BCUT2D eigenvalue weighted by Gasteiger charge is 2.25. The lowest BCUT2D eigenvalue weighted by molar-refractivity contribution is 0.160. The second-order valence-electron chi connectivity index (χ2n) is 3.70. The summed E-state index contributed by atoms with van der Waals surface area (Å²) in [6.07, 6.45) is 0.640. The normalized spacial score (nSPS) is 27.8. The van der Waals surface area contributed by atoms with Crippen molar-refractivity contribution in [2.45, 2.75) is 25.5 Å². The molecule has 1 aliphatic rings. The first-order valence-corrected chi connectivity index (χ1v) is 4.75. The van der Waals surface area contributed by atoms with Gasteiger partial charge in [0.25, 0.3) is 0 Å². The molecule has 2 nitrogen and oxygen atoms in total. The summed E-state index contributed by atoms with van der Waals surface area (Å²) in [4.78, 5) is 0. The van der Waals surface area contributed by atoms with Gasteiger partial charge < -0.3 is 10.4 Å². The van der Waals surface area contributed by atoms with Crippen molar-refractivity contribution in [2.24, 2.45) is 0 Å². The van der Waals surface area contributed by atoms with Gasteiger partial charge in [-0.25, -0.2) is 0 Å². The molecule has 1 saturated heterocycles. The predicted octanol–water partition coefficient (Wildman–Crippen LogP) is 1.39. The smallest absolute Gasteiger partial charge is 0.0747 e. The molecule has 1 heterocycles. The maximum Gasteiger partial charge on any atom is 0.0747 e. The minimum atomic E-state index is -0.220. The fourth-order valence-corrected chi connectivity index (χ4v) is 1.80. The number of aliphatic hydroxyl groups is 1. The van der Waals surface area contributed by atoms with Crippen LogP contribution in [0.15, 0.2) is 24.3 Å². The van der Waals surface area contributed by atoms with Gasteiger partial charge in [0.1, 0.15) is 0 Å². The van der Waals surface area contributed by atoms with Gasteiger partial charge in [-0.1, -0.05) is 29.8 Å². The van der Waals surface area contributed by atoms with Crippen molar-refractivity contribution in [3.8, 4) is 0 Å². The Morgan fingerprint density at radius 2 is 2.00 bits per heavy atom. The van der Waals surface area contributed by atoms with E-state index in [-0.39, 0.29) is 12.1 Å². The van der Waals surface area contributed by atoms with Crippen LogP contribution in [-0.2, 0) is 0 Å². The van der Waals surface area contributed by atoms with E-state index in [2.05, 4.69) is 36.5 Å². The van der Waals surface area contributed by atoms with E-state index >= 15 is 0 Å². The van der Waals surface area contributed by atoms with E-state index in [0.29, 0.717) is 0 Å². The first kappa shape index (κ1) is 8.73. The largest absolute Gasteiger partial charge is 0.391 e. The van der Waals surface area contributed by atoms with Crippen LogP contribution in [0, 0.1) is 6.92 Å². The van der Waals surface area contributed by atoms with Crippen molar-refractivity contribution in [1.29, 1.82) is 0 Å². The van der Waals surface area contributed by atoms with Crippen LogP contribution in [0.25, 0.3) is 0 Å². The van der Waals surface area contributed by atoms with Crippen LogP contribution in [0.1, 0.15) is 23.6 Å². The molecule has 0 aromatic heterocycles. The van der Waals surface area contributed by atoms with Crippen LogP contribution < -0.4 is 5.32 Å². The molecule has 0 amide bonds. The van der Waals surface area contributed by atoms with E-state index in [1.165, 1.54) is 11.1 Å². The number of nitrogens with one attached hydrogen (secondary N) is 1. The van der Waals surface area contributed by atoms with Crippen molar-refractivity contribution in [3.63, 3.8) is 0 Å². The highest BCUT2D eigenvalue weighted by Crippen LogP contribution is 2.23. The summed E-state index contributed by atoms with van der Waals surface area (Å²) in [7, 11) is 0. The molecule has 1 aliphatic heterocycles. The molecule has 2 unspecified atom stereocenters. The van der Waals surface area contributed by atoms with Gasteiger partial charge in [-0.05, 0) is 25.5 Å². The first-order chi connectivity index (χ1) is 6.27. The van der Waals surface area contributed by atoms with Gasteiger partial charge in [0, 0.05) is 0 Å². The van der Waals surface area contributed by atoms with Gasteiger partial charge in [-0.2, -0.15) is 0 Å². The monoisotopic (exact) mass is 177 g/mol. The zero-order chi connectivity index (χ0) is 9.26. The number of hydrogen-bond acceptors (Lipinski definition) is 2. The fraction of sp³-hybridized carbons (Fsp3) is 0.455. The molecule has 70 valence electrons. The summed E-state index contributed by atoms with van der Waals surface area (Å²) in [6.45, 7) is 2.99. The van der Waals surface area contributed by atoms with E-state index in [1.54, 1.807) is 0 Å². The Balaban J connectivity index is 2.20. The number of aliphatic hydroxyl groups excluding tert-OH is 1. The Bertz CT molecular complexity index is 281. The minimum Gasteiger partial charge on any atom is -0.391 e. The summed E-state index contributed by atoms with van der Waals surface area (Å²) < 4.78 is 0. The molecule has 0 bridgehead atoms.